The average molecular weight is 364 g/mol. The summed E-state index contributed by atoms with van der Waals surface area (Å²) in [4.78, 5) is 16.6. The molecule has 3 rings (SSSR count). The summed E-state index contributed by atoms with van der Waals surface area (Å²) in [5, 5.41) is 9.60. The lowest BCUT2D eigenvalue weighted by Crippen LogP contribution is -1.92. The normalized spacial score (nSPS) is 11.5. The van der Waals surface area contributed by atoms with Gasteiger partial charge in [0.05, 0.1) is 25.3 Å². The molecule has 27 heavy (non-hydrogen) atoms. The molecule has 1 N–H and O–H groups in total. The van der Waals surface area contributed by atoms with Crippen LogP contribution in [0.3, 0.4) is 0 Å². The van der Waals surface area contributed by atoms with E-state index in [0.717, 1.165) is 22.3 Å². The lowest BCUT2D eigenvalue weighted by atomic mass is 10.1. The van der Waals surface area contributed by atoms with Gasteiger partial charge in [-0.1, -0.05) is 12.1 Å². The van der Waals surface area contributed by atoms with Crippen LogP contribution in [0.5, 0.6) is 17.2 Å². The van der Waals surface area contributed by atoms with E-state index in [4.69, 9.17) is 9.47 Å². The van der Waals surface area contributed by atoms with Crippen LogP contribution in [0.1, 0.15) is 11.4 Å². The van der Waals surface area contributed by atoms with E-state index in [0.29, 0.717) is 11.6 Å². The molecule has 0 aliphatic rings. The molecule has 138 valence electrons. The van der Waals surface area contributed by atoms with E-state index in [9.17, 15) is 9.90 Å². The number of hydrogen-bond donors (Lipinski definition) is 1. The molecule has 0 bridgehead atoms. The first-order valence-corrected chi connectivity index (χ1v) is 8.29. The van der Waals surface area contributed by atoms with E-state index in [1.165, 1.54) is 25.3 Å². The largest absolute Gasteiger partial charge is 0.504 e. The van der Waals surface area contributed by atoms with E-state index in [1.807, 2.05) is 29.8 Å². The summed E-state index contributed by atoms with van der Waals surface area (Å²) in [7, 11) is 4.98. The van der Waals surface area contributed by atoms with Crippen molar-refractivity contribution in [2.24, 2.45) is 7.05 Å². The number of benzene rings is 2. The second-order valence-electron chi connectivity index (χ2n) is 5.88. The zero-order chi connectivity index (χ0) is 19.4. The van der Waals surface area contributed by atoms with Crippen LogP contribution in [-0.4, -0.2) is 34.7 Å². The Hall–Kier alpha value is -3.54. The van der Waals surface area contributed by atoms with Crippen molar-refractivity contribution < 1.29 is 19.4 Å². The lowest BCUT2D eigenvalue weighted by Gasteiger charge is -2.03. The summed E-state index contributed by atoms with van der Waals surface area (Å²) < 4.78 is 12.2. The van der Waals surface area contributed by atoms with Crippen LogP contribution >= 0.6 is 0 Å². The number of aromatic nitrogens is 2. The SMILES string of the molecule is COc1ccc2c(c1)nc(/C=C/C(=O)/C=C/c1ccc(O)c(OC)c1)n2C. The zero-order valence-electron chi connectivity index (χ0n) is 15.3. The molecule has 0 fully saturated rings. The summed E-state index contributed by atoms with van der Waals surface area (Å²) in [5.74, 6) is 1.65. The number of ketones is 1. The van der Waals surface area contributed by atoms with Crippen LogP contribution in [0.25, 0.3) is 23.2 Å². The van der Waals surface area contributed by atoms with Crippen molar-refractivity contribution in [1.82, 2.24) is 9.55 Å². The molecule has 0 radical (unpaired) electrons. The van der Waals surface area contributed by atoms with Gasteiger partial charge in [0.2, 0.25) is 0 Å². The Morgan fingerprint density at radius 1 is 1.07 bits per heavy atom. The molecule has 2 aromatic carbocycles. The van der Waals surface area contributed by atoms with Crippen LogP contribution in [0.4, 0.5) is 0 Å². The molecular formula is C21H20N2O4. The number of aromatic hydroxyl groups is 1. The van der Waals surface area contributed by atoms with Gasteiger partial charge < -0.3 is 19.1 Å². The van der Waals surface area contributed by atoms with Gasteiger partial charge in [-0.15, -0.1) is 0 Å². The number of phenolic OH excluding ortho intramolecular Hbond substituents is 1. The Bertz CT molecular complexity index is 1050. The van der Waals surface area contributed by atoms with Gasteiger partial charge in [-0.2, -0.15) is 0 Å². The standard InChI is InChI=1S/C21H20N2O4/c1-23-18-9-8-16(26-2)13-17(18)22-21(23)11-7-15(24)6-4-14-5-10-19(25)20(12-14)27-3/h4-13,25H,1-3H3/b6-4+,11-7+. The molecule has 0 atom stereocenters. The van der Waals surface area contributed by atoms with Gasteiger partial charge in [-0.3, -0.25) is 4.79 Å². The molecule has 0 saturated heterocycles. The zero-order valence-corrected chi connectivity index (χ0v) is 15.3. The second-order valence-corrected chi connectivity index (χ2v) is 5.88. The summed E-state index contributed by atoms with van der Waals surface area (Å²) in [6.45, 7) is 0. The van der Waals surface area contributed by atoms with E-state index in [2.05, 4.69) is 4.98 Å². The number of fused-ring (bicyclic) bond motifs is 1. The number of imidazole rings is 1. The highest BCUT2D eigenvalue weighted by Gasteiger charge is 2.06. The van der Waals surface area contributed by atoms with Crippen molar-refractivity contribution >= 4 is 29.0 Å². The minimum atomic E-state index is -0.174. The van der Waals surface area contributed by atoms with Crippen LogP contribution in [0.2, 0.25) is 0 Å². The van der Waals surface area contributed by atoms with E-state index >= 15 is 0 Å². The quantitative estimate of drug-likeness (QED) is 0.677. The van der Waals surface area contributed by atoms with Crippen molar-refractivity contribution in [3.63, 3.8) is 0 Å². The molecule has 1 aromatic heterocycles. The molecule has 1 heterocycles. The highest BCUT2D eigenvalue weighted by molar-refractivity contribution is 6.04. The van der Waals surface area contributed by atoms with Gasteiger partial charge >= 0.3 is 0 Å². The first-order valence-electron chi connectivity index (χ1n) is 8.29. The fourth-order valence-corrected chi connectivity index (χ4v) is 2.66. The first-order chi connectivity index (χ1) is 13.0. The maximum Gasteiger partial charge on any atom is 0.178 e. The second kappa shape index (κ2) is 7.78. The predicted octanol–water partition coefficient (Wildman–Crippen LogP) is 3.59. The first kappa shape index (κ1) is 18.3. The third-order valence-electron chi connectivity index (χ3n) is 4.16. The molecule has 0 spiro atoms. The number of nitrogens with zero attached hydrogens (tertiary/aromatic N) is 2. The maximum absolute atomic E-state index is 12.1. The minimum absolute atomic E-state index is 0.0550. The van der Waals surface area contributed by atoms with Gasteiger partial charge in [0.15, 0.2) is 17.3 Å². The average Bonchev–Trinajstić information content (AvgIpc) is 3.00. The number of aryl methyl sites for hydroxylation is 1. The van der Waals surface area contributed by atoms with Crippen molar-refractivity contribution in [2.45, 2.75) is 0 Å². The van der Waals surface area contributed by atoms with Gasteiger partial charge in [0.1, 0.15) is 11.6 Å². The topological polar surface area (TPSA) is 73.6 Å². The fraction of sp³-hybridized carbons (Fsp3) is 0.143. The summed E-state index contributed by atoms with van der Waals surface area (Å²) in [6, 6.07) is 10.5. The smallest absolute Gasteiger partial charge is 0.178 e. The van der Waals surface area contributed by atoms with Crippen molar-refractivity contribution in [3.05, 3.63) is 59.9 Å². The summed E-state index contributed by atoms with van der Waals surface area (Å²) in [6.07, 6.45) is 6.26. The molecule has 6 heteroatoms. The summed E-state index contributed by atoms with van der Waals surface area (Å²) in [5.41, 5.74) is 2.51. The number of carbonyl (C=O) groups excluding carboxylic acids is 1. The highest BCUT2D eigenvalue weighted by atomic mass is 16.5. The van der Waals surface area contributed by atoms with Crippen molar-refractivity contribution in [3.8, 4) is 17.2 Å². The Balaban J connectivity index is 1.76. The van der Waals surface area contributed by atoms with Crippen molar-refractivity contribution in [2.75, 3.05) is 14.2 Å². The van der Waals surface area contributed by atoms with Crippen molar-refractivity contribution in [1.29, 1.82) is 0 Å². The monoisotopic (exact) mass is 364 g/mol. The third kappa shape index (κ3) is 4.00. The molecule has 0 saturated carbocycles. The highest BCUT2D eigenvalue weighted by Crippen LogP contribution is 2.26. The summed E-state index contributed by atoms with van der Waals surface area (Å²) >= 11 is 0. The van der Waals surface area contributed by atoms with Gasteiger partial charge in [-0.25, -0.2) is 4.98 Å². The number of ether oxygens (including phenoxy) is 2. The van der Waals surface area contributed by atoms with Gasteiger partial charge in [0.25, 0.3) is 0 Å². The van der Waals surface area contributed by atoms with E-state index in [1.54, 1.807) is 31.4 Å². The van der Waals surface area contributed by atoms with Crippen LogP contribution in [0.15, 0.2) is 48.6 Å². The molecule has 0 unspecified atom stereocenters. The molecule has 0 amide bonds. The molecule has 3 aromatic rings. The van der Waals surface area contributed by atoms with Crippen LogP contribution in [-0.2, 0) is 11.8 Å². The Morgan fingerprint density at radius 3 is 2.59 bits per heavy atom. The molecular weight excluding hydrogens is 344 g/mol. The Kier molecular flexibility index (Phi) is 5.26. The minimum Gasteiger partial charge on any atom is -0.504 e. The lowest BCUT2D eigenvalue weighted by molar-refractivity contribution is -0.110. The number of methoxy groups -OCH3 is 2. The van der Waals surface area contributed by atoms with E-state index < -0.39 is 0 Å². The number of carbonyl (C=O) groups is 1. The molecule has 0 aliphatic carbocycles. The fourth-order valence-electron chi connectivity index (χ4n) is 2.66. The molecule has 0 aliphatic heterocycles. The number of rotatable bonds is 6. The Labute approximate surface area is 157 Å². The third-order valence-corrected chi connectivity index (χ3v) is 4.16. The van der Waals surface area contributed by atoms with E-state index in [-0.39, 0.29) is 11.5 Å². The number of phenols is 1. The van der Waals surface area contributed by atoms with Crippen LogP contribution < -0.4 is 9.47 Å². The van der Waals surface area contributed by atoms with Gasteiger partial charge in [0, 0.05) is 13.1 Å². The number of allylic oxidation sites excluding steroid dienone is 2. The number of hydrogen-bond acceptors (Lipinski definition) is 5. The maximum atomic E-state index is 12.1. The van der Waals surface area contributed by atoms with Crippen LogP contribution in [0, 0.1) is 0 Å². The molecule has 6 nitrogen and oxygen atoms in total. The Morgan fingerprint density at radius 2 is 1.85 bits per heavy atom. The van der Waals surface area contributed by atoms with Gasteiger partial charge in [-0.05, 0) is 48.1 Å². The predicted molar refractivity (Wildman–Crippen MR) is 105 cm³/mol.